The van der Waals surface area contributed by atoms with Gasteiger partial charge in [-0.1, -0.05) is 0 Å². The van der Waals surface area contributed by atoms with Gasteiger partial charge in [-0.15, -0.1) is 0 Å². The number of hydrogen-bond donors (Lipinski definition) is 0. The fraction of sp³-hybridized carbons (Fsp3) is 0.571. The number of fused-ring (bicyclic) bond motifs is 5. The molecular formula is C21H24F2I2N4O2. The molecule has 0 spiro atoms. The van der Waals surface area contributed by atoms with Crippen LogP contribution in [0.4, 0.5) is 20.2 Å². The van der Waals surface area contributed by atoms with E-state index in [1.807, 2.05) is 22.9 Å². The maximum atomic E-state index is 15.2. The van der Waals surface area contributed by atoms with Crippen LogP contribution in [0.5, 0.6) is 0 Å². The number of anilines is 2. The normalized spacial score (nSPS) is 25.1. The van der Waals surface area contributed by atoms with Gasteiger partial charge in [0.1, 0.15) is 11.5 Å². The molecule has 2 fully saturated rings. The molecule has 2 unspecified atom stereocenters. The fourth-order valence-corrected chi connectivity index (χ4v) is 6.46. The van der Waals surface area contributed by atoms with E-state index in [0.717, 1.165) is 25.9 Å². The third kappa shape index (κ3) is 3.46. The summed E-state index contributed by atoms with van der Waals surface area (Å²) in [6.07, 6.45) is 1.68. The molecule has 0 aliphatic carbocycles. The van der Waals surface area contributed by atoms with Gasteiger partial charge in [-0.2, -0.15) is 0 Å². The maximum absolute atomic E-state index is 15.2. The molecule has 0 N–H and O–H groups in total. The average Bonchev–Trinajstić information content (AvgIpc) is 2.76. The first kappa shape index (κ1) is 22.1. The highest BCUT2D eigenvalue weighted by atomic mass is 127. The zero-order valence-electron chi connectivity index (χ0n) is 17.4. The van der Waals surface area contributed by atoms with Crippen molar-refractivity contribution in [3.63, 3.8) is 0 Å². The Labute approximate surface area is 207 Å². The lowest BCUT2D eigenvalue weighted by molar-refractivity contribution is 0.0835. The van der Waals surface area contributed by atoms with E-state index in [1.54, 1.807) is 0 Å². The number of piperazine rings is 1. The van der Waals surface area contributed by atoms with Crippen LogP contribution in [0.3, 0.4) is 0 Å². The molecule has 2 atom stereocenters. The summed E-state index contributed by atoms with van der Waals surface area (Å²) in [4.78, 5) is 18.1. The van der Waals surface area contributed by atoms with Crippen molar-refractivity contribution in [1.29, 1.82) is 0 Å². The molecule has 4 heterocycles. The Morgan fingerprint density at radius 1 is 1.03 bits per heavy atom. The molecule has 1 aromatic heterocycles. The Hall–Kier alpha value is -0.730. The molecule has 5 rings (SSSR count). The van der Waals surface area contributed by atoms with Crippen molar-refractivity contribution in [3.05, 3.63) is 33.6 Å². The molecule has 31 heavy (non-hydrogen) atoms. The first-order valence-corrected chi connectivity index (χ1v) is 12.5. The standard InChI is InChI=1S/C21H24F2I2N4O2/c1-11-8-26-14(10-28(11)24)9-27(13-3-5-31-6-4-13)20-19(26)15-7-16(22)12(2)17(23)18(15)29(25)21(20)30/h7,11,13-14H,3-6,8-10H2,1-2H3. The lowest BCUT2D eigenvalue weighted by Crippen LogP contribution is -2.63. The zero-order chi connectivity index (χ0) is 22.0. The Bertz CT molecular complexity index is 1110. The van der Waals surface area contributed by atoms with Gasteiger partial charge in [-0.05, 0) is 32.8 Å². The number of pyridine rings is 1. The van der Waals surface area contributed by atoms with Gasteiger partial charge in [-0.3, -0.25) is 4.79 Å². The number of ether oxygens (including phenoxy) is 1. The van der Waals surface area contributed by atoms with Crippen LogP contribution >= 0.6 is 45.7 Å². The van der Waals surface area contributed by atoms with E-state index >= 15 is 4.39 Å². The molecule has 2 saturated heterocycles. The fourth-order valence-electron chi connectivity index (χ4n) is 5.13. The SMILES string of the molecule is Cc1c(F)cc2c3c(c(=O)n(I)c2c1F)N(C1CCOCC1)CC1CN(I)C(C)CN31. The summed E-state index contributed by atoms with van der Waals surface area (Å²) >= 11 is 4.22. The lowest BCUT2D eigenvalue weighted by atomic mass is 9.96. The number of hydrogen-bond acceptors (Lipinski definition) is 5. The second-order valence-corrected chi connectivity index (χ2v) is 10.9. The van der Waals surface area contributed by atoms with E-state index in [-0.39, 0.29) is 34.8 Å². The summed E-state index contributed by atoms with van der Waals surface area (Å²) in [5.74, 6) is -1.24. The molecule has 168 valence electrons. The summed E-state index contributed by atoms with van der Waals surface area (Å²) in [7, 11) is 0. The molecule has 3 aliphatic rings. The molecule has 0 radical (unpaired) electrons. The Morgan fingerprint density at radius 2 is 1.71 bits per heavy atom. The van der Waals surface area contributed by atoms with Gasteiger partial charge in [0.15, 0.2) is 5.82 Å². The van der Waals surface area contributed by atoms with Gasteiger partial charge in [0.05, 0.1) is 40.1 Å². The minimum Gasteiger partial charge on any atom is -0.381 e. The van der Waals surface area contributed by atoms with Crippen molar-refractivity contribution >= 4 is 68.0 Å². The molecule has 0 amide bonds. The molecular weight excluding hydrogens is 632 g/mol. The number of aromatic nitrogens is 1. The minimum absolute atomic E-state index is 0.0589. The molecule has 1 aromatic carbocycles. The number of halogens is 4. The highest BCUT2D eigenvalue weighted by Crippen LogP contribution is 2.44. The van der Waals surface area contributed by atoms with Crippen LogP contribution in [-0.2, 0) is 4.74 Å². The largest absolute Gasteiger partial charge is 0.381 e. The van der Waals surface area contributed by atoms with Gasteiger partial charge < -0.3 is 14.5 Å². The van der Waals surface area contributed by atoms with Crippen LogP contribution in [0.15, 0.2) is 10.9 Å². The Morgan fingerprint density at radius 3 is 2.42 bits per heavy atom. The van der Waals surface area contributed by atoms with Gasteiger partial charge in [0.25, 0.3) is 5.56 Å². The van der Waals surface area contributed by atoms with Crippen molar-refractivity contribution in [2.75, 3.05) is 42.6 Å². The third-order valence-electron chi connectivity index (χ3n) is 6.86. The quantitative estimate of drug-likeness (QED) is 0.343. The number of benzene rings is 1. The topological polar surface area (TPSA) is 41.0 Å². The van der Waals surface area contributed by atoms with E-state index in [9.17, 15) is 9.18 Å². The number of nitrogens with zero attached hydrogens (tertiary/aromatic N) is 4. The summed E-state index contributed by atoms with van der Waals surface area (Å²) in [6.45, 7) is 7.13. The highest BCUT2D eigenvalue weighted by molar-refractivity contribution is 14.1. The molecule has 3 aliphatic heterocycles. The van der Waals surface area contributed by atoms with Crippen LogP contribution in [0.1, 0.15) is 25.3 Å². The molecule has 0 bridgehead atoms. The van der Waals surface area contributed by atoms with Crippen molar-refractivity contribution in [3.8, 4) is 0 Å². The first-order valence-electron chi connectivity index (χ1n) is 10.6. The zero-order valence-corrected chi connectivity index (χ0v) is 21.7. The Kier molecular flexibility index (Phi) is 5.87. The first-order chi connectivity index (χ1) is 14.8. The predicted molar refractivity (Wildman–Crippen MR) is 135 cm³/mol. The van der Waals surface area contributed by atoms with E-state index in [1.165, 1.54) is 15.8 Å². The summed E-state index contributed by atoms with van der Waals surface area (Å²) in [6, 6.07) is 1.99. The molecule has 2 aromatic rings. The van der Waals surface area contributed by atoms with E-state index in [2.05, 4.69) is 42.7 Å². The molecule has 6 nitrogen and oxygen atoms in total. The average molecular weight is 656 g/mol. The van der Waals surface area contributed by atoms with Crippen molar-refractivity contribution in [2.45, 2.75) is 44.8 Å². The predicted octanol–water partition coefficient (Wildman–Crippen LogP) is 4.01. The smallest absolute Gasteiger partial charge is 0.285 e. The van der Waals surface area contributed by atoms with Crippen LogP contribution in [-0.4, -0.2) is 56.9 Å². The monoisotopic (exact) mass is 656 g/mol. The van der Waals surface area contributed by atoms with Gasteiger partial charge >= 0.3 is 0 Å². The van der Waals surface area contributed by atoms with Gasteiger partial charge in [0.2, 0.25) is 0 Å². The summed E-state index contributed by atoms with van der Waals surface area (Å²) < 4.78 is 39.1. The van der Waals surface area contributed by atoms with Crippen LogP contribution in [0.2, 0.25) is 0 Å². The lowest BCUT2D eigenvalue weighted by Gasteiger charge is -2.52. The van der Waals surface area contributed by atoms with Crippen LogP contribution in [0, 0.1) is 18.6 Å². The highest BCUT2D eigenvalue weighted by Gasteiger charge is 2.42. The minimum atomic E-state index is -0.662. The van der Waals surface area contributed by atoms with Crippen molar-refractivity contribution < 1.29 is 13.5 Å². The van der Waals surface area contributed by atoms with Crippen LogP contribution < -0.4 is 15.4 Å². The van der Waals surface area contributed by atoms with Gasteiger partial charge in [-0.25, -0.2) is 14.7 Å². The maximum Gasteiger partial charge on any atom is 0.285 e. The van der Waals surface area contributed by atoms with Crippen LogP contribution in [0.25, 0.3) is 10.9 Å². The molecule has 0 saturated carbocycles. The Balaban J connectivity index is 1.81. The second-order valence-electron chi connectivity index (χ2n) is 8.71. The van der Waals surface area contributed by atoms with E-state index in [4.69, 9.17) is 4.74 Å². The number of rotatable bonds is 1. The molecule has 10 heteroatoms. The van der Waals surface area contributed by atoms with Crippen molar-refractivity contribution in [2.24, 2.45) is 0 Å². The van der Waals surface area contributed by atoms with E-state index < -0.39 is 11.6 Å². The third-order valence-corrected chi connectivity index (χ3v) is 9.12. The summed E-state index contributed by atoms with van der Waals surface area (Å²) in [5, 5.41) is 0.473. The second kappa shape index (κ2) is 8.24. The van der Waals surface area contributed by atoms with E-state index in [0.29, 0.717) is 36.5 Å². The summed E-state index contributed by atoms with van der Waals surface area (Å²) in [5.41, 5.74) is 1.13. The van der Waals surface area contributed by atoms with Gasteiger partial charge in [0, 0.05) is 78.7 Å². The van der Waals surface area contributed by atoms with Crippen molar-refractivity contribution in [1.82, 2.24) is 5.89 Å².